The van der Waals surface area contributed by atoms with Gasteiger partial charge in [-0.25, -0.2) is 4.39 Å². The van der Waals surface area contributed by atoms with Crippen molar-refractivity contribution >= 4 is 27.5 Å². The molecule has 206 valence electrons. The lowest BCUT2D eigenvalue weighted by molar-refractivity contribution is 0.108. The average molecular weight is 538 g/mol. The summed E-state index contributed by atoms with van der Waals surface area (Å²) in [4.78, 5) is 19.4. The van der Waals surface area contributed by atoms with E-state index in [0.29, 0.717) is 41.1 Å². The number of halogens is 1. The van der Waals surface area contributed by atoms with Gasteiger partial charge >= 0.3 is 6.01 Å². The van der Waals surface area contributed by atoms with E-state index in [0.717, 1.165) is 66.7 Å². The van der Waals surface area contributed by atoms with Crippen LogP contribution in [0.15, 0.2) is 42.6 Å². The van der Waals surface area contributed by atoms with Crippen molar-refractivity contribution in [3.05, 3.63) is 54.0 Å². The summed E-state index contributed by atoms with van der Waals surface area (Å²) >= 11 is 0. The topological polar surface area (TPSA) is 54.4 Å². The number of aryl methyl sites for hydroxylation is 1. The van der Waals surface area contributed by atoms with Crippen LogP contribution in [0.1, 0.15) is 50.5 Å². The Morgan fingerprint density at radius 1 is 1.00 bits per heavy atom. The molecule has 0 radical (unpaired) electrons. The molecule has 2 aromatic carbocycles. The van der Waals surface area contributed by atoms with Gasteiger partial charge in [-0.05, 0) is 99.2 Å². The Balaban J connectivity index is 1.25. The van der Waals surface area contributed by atoms with Crippen LogP contribution in [0.4, 0.5) is 10.2 Å². The van der Waals surface area contributed by atoms with Crippen molar-refractivity contribution in [1.29, 1.82) is 0 Å². The Morgan fingerprint density at radius 3 is 2.58 bits per heavy atom. The monoisotopic (exact) mass is 537 g/mol. The summed E-state index contributed by atoms with van der Waals surface area (Å²) in [7, 11) is 0. The van der Waals surface area contributed by atoms with Crippen molar-refractivity contribution in [3.63, 3.8) is 0 Å². The maximum absolute atomic E-state index is 16.6. The lowest BCUT2D eigenvalue weighted by atomic mass is 9.95. The number of ether oxygens (including phenoxy) is 1. The number of piperidine rings is 1. The molecule has 0 spiro atoms. The molecule has 4 aromatic rings. The number of benzene rings is 2. The highest BCUT2D eigenvalue weighted by Gasteiger charge is 2.45. The van der Waals surface area contributed by atoms with Gasteiger partial charge in [0.05, 0.1) is 10.9 Å². The molecule has 1 saturated carbocycles. The zero-order valence-corrected chi connectivity index (χ0v) is 23.2. The minimum Gasteiger partial charge on any atom is -0.461 e. The fraction of sp³-hybridized carbons (Fsp3) is 0.485. The van der Waals surface area contributed by atoms with Gasteiger partial charge in [-0.3, -0.25) is 9.88 Å². The maximum Gasteiger partial charge on any atom is 0.319 e. The normalized spacial score (nSPS) is 23.8. The van der Waals surface area contributed by atoms with Crippen molar-refractivity contribution < 1.29 is 9.13 Å². The first-order valence-corrected chi connectivity index (χ1v) is 15.1. The molecule has 3 aliphatic heterocycles. The summed E-state index contributed by atoms with van der Waals surface area (Å²) in [6.07, 6.45) is 10.3. The van der Waals surface area contributed by atoms with Gasteiger partial charge in [0.15, 0.2) is 5.82 Å². The highest BCUT2D eigenvalue weighted by atomic mass is 19.1. The Bertz CT molecular complexity index is 1600. The predicted octanol–water partition coefficient (Wildman–Crippen LogP) is 6.54. The van der Waals surface area contributed by atoms with E-state index in [9.17, 15) is 0 Å². The van der Waals surface area contributed by atoms with E-state index in [1.807, 2.05) is 31.2 Å². The minimum absolute atomic E-state index is 0.0745. The molecule has 8 rings (SSSR count). The van der Waals surface area contributed by atoms with Gasteiger partial charge in [0.2, 0.25) is 0 Å². The number of hydrogen-bond acceptors (Lipinski definition) is 6. The first kappa shape index (κ1) is 24.5. The highest BCUT2D eigenvalue weighted by Crippen LogP contribution is 2.42. The third kappa shape index (κ3) is 3.96. The summed E-state index contributed by atoms with van der Waals surface area (Å²) in [5.41, 5.74) is 2.58. The summed E-state index contributed by atoms with van der Waals surface area (Å²) in [6.45, 7) is 6.78. The van der Waals surface area contributed by atoms with Crippen LogP contribution in [0, 0.1) is 24.6 Å². The summed E-state index contributed by atoms with van der Waals surface area (Å²) in [6, 6.07) is 12.5. The van der Waals surface area contributed by atoms with Crippen LogP contribution in [-0.2, 0) is 0 Å². The Kier molecular flexibility index (Phi) is 5.73. The van der Waals surface area contributed by atoms with Crippen LogP contribution < -0.4 is 9.64 Å². The molecule has 6 nitrogen and oxygen atoms in total. The molecule has 2 atom stereocenters. The first-order valence-electron chi connectivity index (χ1n) is 15.1. The number of hydrogen-bond donors (Lipinski definition) is 0. The molecule has 2 unspecified atom stereocenters. The third-order valence-corrected chi connectivity index (χ3v) is 10.1. The molecule has 4 aliphatic rings. The number of aromatic nitrogens is 3. The maximum atomic E-state index is 16.6. The van der Waals surface area contributed by atoms with Gasteiger partial charge in [0, 0.05) is 24.8 Å². The molecule has 2 bridgehead atoms. The molecular formula is C33H36FN5O. The van der Waals surface area contributed by atoms with Gasteiger partial charge in [-0.1, -0.05) is 30.3 Å². The van der Waals surface area contributed by atoms with Crippen LogP contribution in [0.2, 0.25) is 0 Å². The fourth-order valence-corrected chi connectivity index (χ4v) is 8.21. The largest absolute Gasteiger partial charge is 0.461 e. The second kappa shape index (κ2) is 9.37. The number of fused-ring (bicyclic) bond motifs is 5. The lowest BCUT2D eigenvalue weighted by Gasteiger charge is -2.34. The van der Waals surface area contributed by atoms with Crippen LogP contribution in [0.3, 0.4) is 0 Å². The molecule has 3 saturated heterocycles. The van der Waals surface area contributed by atoms with E-state index in [-0.39, 0.29) is 5.54 Å². The molecule has 0 amide bonds. The van der Waals surface area contributed by atoms with Crippen LogP contribution in [0.5, 0.6) is 6.01 Å². The van der Waals surface area contributed by atoms with E-state index in [2.05, 4.69) is 21.9 Å². The van der Waals surface area contributed by atoms with Crippen LogP contribution in [0.25, 0.3) is 32.9 Å². The van der Waals surface area contributed by atoms with Gasteiger partial charge < -0.3 is 9.64 Å². The van der Waals surface area contributed by atoms with Crippen LogP contribution >= 0.6 is 0 Å². The molecule has 7 heteroatoms. The summed E-state index contributed by atoms with van der Waals surface area (Å²) in [5.74, 6) is 1.72. The second-order valence-electron chi connectivity index (χ2n) is 12.7. The third-order valence-electron chi connectivity index (χ3n) is 10.1. The molecule has 0 N–H and O–H groups in total. The van der Waals surface area contributed by atoms with Gasteiger partial charge in [0.1, 0.15) is 23.6 Å². The van der Waals surface area contributed by atoms with Gasteiger partial charge in [-0.2, -0.15) is 9.97 Å². The SMILES string of the molecule is Cc1cc(-c2ncc3c(N4CC5CCC(C5)C4)nc(OCC45CCCN4CCC5)nc3c2F)c2ccccc2c1. The van der Waals surface area contributed by atoms with Crippen molar-refractivity contribution in [1.82, 2.24) is 19.9 Å². The zero-order chi connectivity index (χ0) is 26.8. The Labute approximate surface area is 234 Å². The lowest BCUT2D eigenvalue weighted by Crippen LogP contribution is -2.43. The standard InChI is InChI=1S/C33H36FN5O/c1-21-14-24-6-2-3-7-25(24)26(15-21)29-28(34)30-27(17-35-29)31(38-18-22-8-9-23(16-22)19-38)37-32(36-30)40-20-33-10-4-12-39(33)13-5-11-33/h2-3,6-7,14-15,17,22-23H,4-5,8-13,16,18-20H2,1H3. The van der Waals surface area contributed by atoms with Crippen molar-refractivity contribution in [3.8, 4) is 17.3 Å². The smallest absolute Gasteiger partial charge is 0.319 e. The number of anilines is 1. The molecule has 2 aromatic heterocycles. The first-order chi connectivity index (χ1) is 19.6. The molecule has 4 fully saturated rings. The predicted molar refractivity (Wildman–Crippen MR) is 156 cm³/mol. The average Bonchev–Trinajstić information content (AvgIpc) is 3.65. The molecule has 1 aliphatic carbocycles. The van der Waals surface area contributed by atoms with Gasteiger partial charge in [0.25, 0.3) is 0 Å². The summed E-state index contributed by atoms with van der Waals surface area (Å²) in [5, 5.41) is 2.74. The zero-order valence-electron chi connectivity index (χ0n) is 23.2. The van der Waals surface area contributed by atoms with E-state index in [1.54, 1.807) is 6.20 Å². The van der Waals surface area contributed by atoms with E-state index in [4.69, 9.17) is 19.7 Å². The van der Waals surface area contributed by atoms with Crippen molar-refractivity contribution in [2.75, 3.05) is 37.7 Å². The summed E-state index contributed by atoms with van der Waals surface area (Å²) < 4.78 is 23.0. The van der Waals surface area contributed by atoms with Crippen molar-refractivity contribution in [2.24, 2.45) is 11.8 Å². The van der Waals surface area contributed by atoms with Crippen LogP contribution in [-0.4, -0.2) is 58.2 Å². The van der Waals surface area contributed by atoms with Crippen molar-refractivity contribution in [2.45, 2.75) is 57.4 Å². The molecule has 40 heavy (non-hydrogen) atoms. The molecule has 5 heterocycles. The van der Waals surface area contributed by atoms with E-state index >= 15 is 4.39 Å². The minimum atomic E-state index is -0.400. The number of nitrogens with zero attached hydrogens (tertiary/aromatic N) is 5. The Hall–Kier alpha value is -3.32. The second-order valence-corrected chi connectivity index (χ2v) is 12.7. The number of pyridine rings is 1. The number of rotatable bonds is 5. The molecular weight excluding hydrogens is 501 g/mol. The van der Waals surface area contributed by atoms with Gasteiger partial charge in [-0.15, -0.1) is 0 Å². The fourth-order valence-electron chi connectivity index (χ4n) is 8.21. The van der Waals surface area contributed by atoms with E-state index in [1.165, 1.54) is 32.1 Å². The highest BCUT2D eigenvalue weighted by molar-refractivity contribution is 5.99. The quantitative estimate of drug-likeness (QED) is 0.288. The Morgan fingerprint density at radius 2 is 1.77 bits per heavy atom. The van der Waals surface area contributed by atoms with E-state index < -0.39 is 5.82 Å².